The van der Waals surface area contributed by atoms with Crippen LogP contribution >= 0.6 is 0 Å². The Kier molecular flexibility index (Phi) is 3.69. The molecule has 1 heterocycles. The van der Waals surface area contributed by atoms with E-state index in [2.05, 4.69) is 31.7 Å². The fourth-order valence-corrected chi connectivity index (χ4v) is 2.66. The van der Waals surface area contributed by atoms with Crippen LogP contribution in [0, 0.1) is 0 Å². The highest BCUT2D eigenvalue weighted by molar-refractivity contribution is 5.38. The van der Waals surface area contributed by atoms with Crippen molar-refractivity contribution in [3.8, 4) is 5.75 Å². The highest BCUT2D eigenvalue weighted by Gasteiger charge is 2.32. The van der Waals surface area contributed by atoms with Gasteiger partial charge in [-0.3, -0.25) is 4.90 Å². The number of nitrogens with two attached hydrogens (primary N) is 1. The van der Waals surface area contributed by atoms with Crippen LogP contribution in [0.2, 0.25) is 0 Å². The minimum absolute atomic E-state index is 0.0438. The Balaban J connectivity index is 2.24. The van der Waals surface area contributed by atoms with Crippen LogP contribution in [0.5, 0.6) is 5.75 Å². The van der Waals surface area contributed by atoms with Gasteiger partial charge in [0, 0.05) is 11.6 Å². The number of benzene rings is 1. The van der Waals surface area contributed by atoms with Gasteiger partial charge in [0.2, 0.25) is 0 Å². The summed E-state index contributed by atoms with van der Waals surface area (Å²) in [6.45, 7) is 8.27. The molecule has 0 saturated heterocycles. The molecule has 0 aliphatic carbocycles. The second kappa shape index (κ2) is 5.07. The zero-order valence-corrected chi connectivity index (χ0v) is 10.9. The van der Waals surface area contributed by atoms with Crippen LogP contribution in [0.3, 0.4) is 0 Å². The van der Waals surface area contributed by atoms with Gasteiger partial charge in [-0.25, -0.2) is 0 Å². The lowest BCUT2D eigenvalue weighted by Crippen LogP contribution is -2.51. The molecule has 3 nitrogen and oxygen atoms in total. The van der Waals surface area contributed by atoms with E-state index >= 15 is 0 Å². The molecule has 0 spiro atoms. The van der Waals surface area contributed by atoms with Crippen molar-refractivity contribution in [3.63, 3.8) is 0 Å². The molecule has 2 atom stereocenters. The van der Waals surface area contributed by atoms with E-state index in [-0.39, 0.29) is 12.1 Å². The molecule has 94 valence electrons. The predicted octanol–water partition coefficient (Wildman–Crippen LogP) is 2.18. The highest BCUT2D eigenvalue weighted by Crippen LogP contribution is 2.32. The SMILES string of the molecule is CCN(C(C)C)C1COc2ccccc2C1N. The molecular weight excluding hydrogens is 212 g/mol. The van der Waals surface area contributed by atoms with Gasteiger partial charge in [0.15, 0.2) is 0 Å². The van der Waals surface area contributed by atoms with E-state index in [1.54, 1.807) is 0 Å². The number of hydrogen-bond acceptors (Lipinski definition) is 3. The predicted molar refractivity (Wildman–Crippen MR) is 70.2 cm³/mol. The molecule has 0 aromatic heterocycles. The average Bonchev–Trinajstić information content (AvgIpc) is 2.33. The van der Waals surface area contributed by atoms with Crippen LogP contribution < -0.4 is 10.5 Å². The quantitative estimate of drug-likeness (QED) is 0.871. The van der Waals surface area contributed by atoms with Gasteiger partial charge in [0.1, 0.15) is 12.4 Å². The number of rotatable bonds is 3. The zero-order valence-electron chi connectivity index (χ0n) is 10.9. The molecule has 0 amide bonds. The van der Waals surface area contributed by atoms with Crippen molar-refractivity contribution in [1.29, 1.82) is 0 Å². The molecule has 0 bridgehead atoms. The first-order valence-corrected chi connectivity index (χ1v) is 6.38. The number of hydrogen-bond donors (Lipinski definition) is 1. The molecule has 2 unspecified atom stereocenters. The number of nitrogens with zero attached hydrogens (tertiary/aromatic N) is 1. The number of fused-ring (bicyclic) bond motifs is 1. The lowest BCUT2D eigenvalue weighted by molar-refractivity contribution is 0.0778. The molecule has 1 aromatic rings. The van der Waals surface area contributed by atoms with Crippen LogP contribution in [0.1, 0.15) is 32.4 Å². The van der Waals surface area contributed by atoms with Crippen LogP contribution in [0.25, 0.3) is 0 Å². The van der Waals surface area contributed by atoms with Gasteiger partial charge < -0.3 is 10.5 Å². The normalized spacial score (nSPS) is 23.6. The maximum Gasteiger partial charge on any atom is 0.124 e. The van der Waals surface area contributed by atoms with Gasteiger partial charge in [-0.2, -0.15) is 0 Å². The van der Waals surface area contributed by atoms with Crippen molar-refractivity contribution in [2.24, 2.45) is 5.73 Å². The number of ether oxygens (including phenoxy) is 1. The first-order valence-electron chi connectivity index (χ1n) is 6.38. The number of para-hydroxylation sites is 1. The largest absolute Gasteiger partial charge is 0.492 e. The minimum atomic E-state index is 0.0438. The summed E-state index contributed by atoms with van der Waals surface area (Å²) in [5.74, 6) is 0.941. The molecule has 1 aliphatic rings. The molecule has 2 rings (SSSR count). The molecule has 3 heteroatoms. The first-order chi connectivity index (χ1) is 8.15. The summed E-state index contributed by atoms with van der Waals surface area (Å²) in [4.78, 5) is 2.40. The standard InChI is InChI=1S/C14H22N2O/c1-4-16(10(2)3)12-9-17-13-8-6-5-7-11(13)14(12)15/h5-8,10,12,14H,4,9,15H2,1-3H3. The molecule has 0 fully saturated rings. The summed E-state index contributed by atoms with van der Waals surface area (Å²) in [5, 5.41) is 0. The third-order valence-electron chi connectivity index (χ3n) is 3.56. The third kappa shape index (κ3) is 2.31. The number of likely N-dealkylation sites (N-methyl/N-ethyl adjacent to an activating group) is 1. The van der Waals surface area contributed by atoms with Crippen molar-refractivity contribution >= 4 is 0 Å². The summed E-state index contributed by atoms with van der Waals surface area (Å²) in [7, 11) is 0. The Bertz CT molecular complexity index is 378. The van der Waals surface area contributed by atoms with Crippen molar-refractivity contribution in [1.82, 2.24) is 4.90 Å². The maximum atomic E-state index is 6.38. The van der Waals surface area contributed by atoms with Crippen molar-refractivity contribution < 1.29 is 4.74 Å². The highest BCUT2D eigenvalue weighted by atomic mass is 16.5. The van der Waals surface area contributed by atoms with Crippen LogP contribution in [-0.4, -0.2) is 30.1 Å². The Morgan fingerprint density at radius 3 is 2.76 bits per heavy atom. The molecular formula is C14H22N2O. The van der Waals surface area contributed by atoms with E-state index in [1.807, 2.05) is 18.2 Å². The molecule has 17 heavy (non-hydrogen) atoms. The second-order valence-electron chi connectivity index (χ2n) is 4.87. The van der Waals surface area contributed by atoms with Gasteiger partial charge in [0.05, 0.1) is 12.1 Å². The van der Waals surface area contributed by atoms with Crippen LogP contribution in [0.4, 0.5) is 0 Å². The molecule has 0 radical (unpaired) electrons. The van der Waals surface area contributed by atoms with Gasteiger partial charge in [0.25, 0.3) is 0 Å². The molecule has 0 saturated carbocycles. The third-order valence-corrected chi connectivity index (χ3v) is 3.56. The first kappa shape index (κ1) is 12.4. The van der Waals surface area contributed by atoms with Gasteiger partial charge in [-0.1, -0.05) is 25.1 Å². The summed E-state index contributed by atoms with van der Waals surface area (Å²) in [6, 6.07) is 8.89. The fourth-order valence-electron chi connectivity index (χ4n) is 2.66. The van der Waals surface area contributed by atoms with Gasteiger partial charge >= 0.3 is 0 Å². The smallest absolute Gasteiger partial charge is 0.124 e. The summed E-state index contributed by atoms with van der Waals surface area (Å²) >= 11 is 0. The Hall–Kier alpha value is -1.06. The fraction of sp³-hybridized carbons (Fsp3) is 0.571. The zero-order chi connectivity index (χ0) is 12.4. The maximum absolute atomic E-state index is 6.38. The van der Waals surface area contributed by atoms with Gasteiger partial charge in [-0.15, -0.1) is 0 Å². The van der Waals surface area contributed by atoms with E-state index < -0.39 is 0 Å². The van der Waals surface area contributed by atoms with E-state index in [0.29, 0.717) is 12.6 Å². The topological polar surface area (TPSA) is 38.5 Å². The average molecular weight is 234 g/mol. The Morgan fingerprint density at radius 2 is 2.12 bits per heavy atom. The molecule has 2 N–H and O–H groups in total. The van der Waals surface area contributed by atoms with Crippen molar-refractivity contribution in [2.75, 3.05) is 13.2 Å². The molecule has 1 aromatic carbocycles. The summed E-state index contributed by atoms with van der Waals surface area (Å²) in [5.41, 5.74) is 7.51. The Labute approximate surface area is 104 Å². The lowest BCUT2D eigenvalue weighted by atomic mass is 9.95. The van der Waals surface area contributed by atoms with E-state index in [4.69, 9.17) is 10.5 Å². The van der Waals surface area contributed by atoms with E-state index in [1.165, 1.54) is 0 Å². The molecule has 1 aliphatic heterocycles. The van der Waals surface area contributed by atoms with E-state index in [0.717, 1.165) is 17.9 Å². The lowest BCUT2D eigenvalue weighted by Gasteiger charge is -2.40. The monoisotopic (exact) mass is 234 g/mol. The second-order valence-corrected chi connectivity index (χ2v) is 4.87. The van der Waals surface area contributed by atoms with Crippen LogP contribution in [-0.2, 0) is 0 Å². The van der Waals surface area contributed by atoms with E-state index in [9.17, 15) is 0 Å². The Morgan fingerprint density at radius 1 is 1.41 bits per heavy atom. The van der Waals surface area contributed by atoms with Crippen molar-refractivity contribution in [2.45, 2.75) is 38.9 Å². The summed E-state index contributed by atoms with van der Waals surface area (Å²) < 4.78 is 5.82. The van der Waals surface area contributed by atoms with Crippen LogP contribution in [0.15, 0.2) is 24.3 Å². The van der Waals surface area contributed by atoms with Gasteiger partial charge in [-0.05, 0) is 26.5 Å². The summed E-state index contributed by atoms with van der Waals surface area (Å²) in [6.07, 6.45) is 0. The van der Waals surface area contributed by atoms with Crippen molar-refractivity contribution in [3.05, 3.63) is 29.8 Å². The minimum Gasteiger partial charge on any atom is -0.492 e.